The molecule has 0 bridgehead atoms. The quantitative estimate of drug-likeness (QED) is 0.0195. The molecule has 0 aliphatic carbocycles. The van der Waals surface area contributed by atoms with Crippen LogP contribution in [0.5, 0.6) is 0 Å². The minimum Gasteiger partial charge on any atom is -1.00 e. The van der Waals surface area contributed by atoms with Crippen molar-refractivity contribution in [3.05, 3.63) is 348 Å². The SMILES string of the molecule is CC(C)(C)O.O=C(CCl)c1ccc(F)cc1F.O=C(Cn1cncn1)c1ccc(F)cc1F.O=C(Cn1cncn1)c1ccc(F)cc1F.O=CO[O-].[2H]C([2H])(C(=O)c1ccc(F)cc1F)n1cncn1.[2H]c1c(F)cccc1F.[2H]c1cc([2H])c(F)c([2H])c1F.[2H]c1cc([2H])c(F)cc1F.[2H]c1nc([2H])n(CC(=O)c2ccc(F)cc2F)n1.[2H]c1nc([2H])n([2H])n1.[H-].[Na+].[Na+]. The molecule has 24 nitrogen and oxygen atoms in total. The van der Waals surface area contributed by atoms with Gasteiger partial charge in [0.25, 0.3) is 6.47 Å². The van der Waals surface area contributed by atoms with Crippen LogP contribution in [0.2, 0.25) is 1.41 Å². The van der Waals surface area contributed by atoms with Crippen LogP contribution in [0.1, 0.15) is 90.4 Å². The number of nitrogens with one attached hydrogen (secondary N) is 1. The van der Waals surface area contributed by atoms with Crippen LogP contribution in [-0.2, 0) is 35.8 Å². The second-order valence-electron chi connectivity index (χ2n) is 21.1. The largest absolute Gasteiger partial charge is 1.00 e. The summed E-state index contributed by atoms with van der Waals surface area (Å²) >= 11 is 5.19. The van der Waals surface area contributed by atoms with Gasteiger partial charge in [-0.3, -0.25) is 33.9 Å². The van der Waals surface area contributed by atoms with Gasteiger partial charge in [0.15, 0.2) is 30.3 Å². The van der Waals surface area contributed by atoms with E-state index in [1.165, 1.54) is 40.7 Å². The summed E-state index contributed by atoms with van der Waals surface area (Å²) in [7, 11) is 0. The number of halogens is 17. The molecule has 0 aliphatic heterocycles. The summed E-state index contributed by atoms with van der Waals surface area (Å²) in [5.74, 6) is -18.1. The standard InChI is InChI=1S/4C10H7F2N3O.C8H5ClF2O.3C6H4F2.C4H10O.C2H3N3.CH2O3.2Na.H/c4*11-7-1-2-8(9(12)3-7)10(16)4-15-6-13-5-14-15;9-4-8(12)6-2-1-5(10)3-7(6)11;3*7-5-2-1-3-6(8)4-5;1-4(2,3)5;1-3-2-5-4-1;2-1-4-3;;;/h4*1-3,5-6H,4H2;1-3H,4H2;3*1-4H;5H,1-3H3;1-2H,(H,3,4,5);1,3H;;;/q;;;;;;;;;;;2*+1;-1/p-1/i5D,6D;4D2;;;;2D,3D,4D;2D,3D;4D;;1D,2D;;;;/hD. The van der Waals surface area contributed by atoms with Crippen molar-refractivity contribution in [1.29, 1.82) is 0 Å². The van der Waals surface area contributed by atoms with Crippen molar-refractivity contribution in [3.8, 4) is 0 Å². The Morgan fingerprint density at radius 2 is 0.793 bits per heavy atom. The van der Waals surface area contributed by atoms with Crippen molar-refractivity contribution in [1.82, 2.24) is 74.2 Å². The molecule has 116 heavy (non-hydrogen) atoms. The molecule has 0 saturated carbocycles. The number of hydrogen-bond donors (Lipinski definition) is 2. The fraction of sp³-hybridized carbons (Fsp3) is 0.123. The summed E-state index contributed by atoms with van der Waals surface area (Å²) in [6.45, 7) is 1.79. The van der Waals surface area contributed by atoms with Crippen LogP contribution < -0.4 is 64.4 Å². The molecule has 0 spiro atoms. The van der Waals surface area contributed by atoms with E-state index < -0.39 is 189 Å². The average Bonchev–Trinajstić information content (AvgIpc) is 1.75. The first-order valence-electron chi connectivity index (χ1n) is 36.8. The van der Waals surface area contributed by atoms with E-state index in [1.807, 2.05) is 0 Å². The van der Waals surface area contributed by atoms with Crippen LogP contribution in [0, 0.1) is 93.1 Å². The zero-order valence-corrected chi connectivity index (χ0v) is 64.6. The van der Waals surface area contributed by atoms with Crippen molar-refractivity contribution >= 4 is 47.0 Å². The first-order valence-corrected chi connectivity index (χ1v) is 30.8. The maximum absolute atomic E-state index is 13.4. The molecule has 0 amide bonds. The molecule has 13 aromatic rings. The molecule has 8 aromatic carbocycles. The van der Waals surface area contributed by atoms with Crippen LogP contribution in [0.25, 0.3) is 0 Å². The predicted octanol–water partition coefficient (Wildman–Crippen LogP) is 7.17. The van der Waals surface area contributed by atoms with E-state index in [4.69, 9.17) is 44.6 Å². The smallest absolute Gasteiger partial charge is 1.00 e. The van der Waals surface area contributed by atoms with Crippen molar-refractivity contribution in [2.45, 2.75) is 52.5 Å². The minimum absolute atomic E-state index is 0. The third kappa shape index (κ3) is 43.6. The third-order valence-electron chi connectivity index (χ3n) is 11.4. The monoisotopic (exact) mass is 1690 g/mol. The summed E-state index contributed by atoms with van der Waals surface area (Å²) in [5.41, 5.74) is -1.82. The molecule has 5 heterocycles. The first kappa shape index (κ1) is 81.0. The number of aromatic amines is 1. The van der Waals surface area contributed by atoms with Crippen LogP contribution in [0.15, 0.2) is 227 Å². The first-order chi connectivity index (χ1) is 59.3. The molecular weight excluding hydrogens is 1620 g/mol. The van der Waals surface area contributed by atoms with Gasteiger partial charge >= 0.3 is 59.1 Å². The van der Waals surface area contributed by atoms with Crippen molar-refractivity contribution in [2.24, 2.45) is 0 Å². The maximum Gasteiger partial charge on any atom is 1.00 e. The summed E-state index contributed by atoms with van der Waals surface area (Å²) < 4.78 is 297. The fourth-order valence-electron chi connectivity index (χ4n) is 6.83. The second-order valence-corrected chi connectivity index (χ2v) is 21.3. The van der Waals surface area contributed by atoms with E-state index in [2.05, 4.69) is 55.3 Å². The molecule has 2 N–H and O–H groups in total. The van der Waals surface area contributed by atoms with Crippen LogP contribution in [0.4, 0.5) is 70.2 Å². The van der Waals surface area contributed by atoms with E-state index in [0.717, 1.165) is 102 Å². The van der Waals surface area contributed by atoms with Gasteiger partial charge in [0, 0.05) is 48.5 Å². The minimum atomic E-state index is -2.59. The van der Waals surface area contributed by atoms with E-state index in [0.29, 0.717) is 46.2 Å². The molecule has 13 rings (SSSR count). The third-order valence-corrected chi connectivity index (χ3v) is 11.6. The molecular formula is C73H60ClF16N15Na2O9. The van der Waals surface area contributed by atoms with Gasteiger partial charge in [0.2, 0.25) is 0 Å². The molecule has 0 fully saturated rings. The summed E-state index contributed by atoms with van der Waals surface area (Å²) in [4.78, 5) is 86.3. The Morgan fingerprint density at radius 3 is 1.07 bits per heavy atom. The van der Waals surface area contributed by atoms with Gasteiger partial charge in [-0.2, -0.15) is 25.5 Å². The number of carbonyl (C=O) groups is 6. The predicted molar refractivity (Wildman–Crippen MR) is 370 cm³/mol. The van der Waals surface area contributed by atoms with Gasteiger partial charge in [0.1, 0.15) is 188 Å². The summed E-state index contributed by atoms with van der Waals surface area (Å²) in [5, 5.41) is 35.0. The van der Waals surface area contributed by atoms with Gasteiger partial charge in [-0.05, 0) is 118 Å². The summed E-state index contributed by atoms with van der Waals surface area (Å²) in [6.07, 6.45) is 5.93. The van der Waals surface area contributed by atoms with Crippen LogP contribution in [-0.4, -0.2) is 126 Å². The van der Waals surface area contributed by atoms with E-state index in [1.54, 1.807) is 20.8 Å². The number of benzene rings is 8. The molecule has 0 unspecified atom stereocenters. The molecule has 602 valence electrons. The second kappa shape index (κ2) is 55.8. The number of H-pyrrole nitrogens is 1. The zero-order valence-electron chi connectivity index (χ0n) is 73.8. The van der Waals surface area contributed by atoms with Crippen LogP contribution in [0.3, 0.4) is 0 Å². The number of aromatic nitrogens is 15. The van der Waals surface area contributed by atoms with Gasteiger partial charge in [0.05, 0.1) is 50.3 Å². The molecule has 0 aliphatic rings. The Labute approximate surface area is 716 Å². The Balaban J connectivity index is 0.00000143. The molecule has 43 heteroatoms. The maximum atomic E-state index is 13.4. The Hall–Kier alpha value is -11.6. The van der Waals surface area contributed by atoms with Crippen molar-refractivity contribution in [3.63, 3.8) is 0 Å². The number of alkyl halides is 1. The number of carbonyl (C=O) groups excluding carboxylic acids is 6. The average molecular weight is 1690 g/mol. The van der Waals surface area contributed by atoms with E-state index in [9.17, 15) is 94.2 Å². The Morgan fingerprint density at radius 1 is 0.466 bits per heavy atom. The normalized spacial score (nSPS) is 11.4. The number of ketones is 5. The van der Waals surface area contributed by atoms with Crippen LogP contribution >= 0.6 is 11.6 Å². The van der Waals surface area contributed by atoms with Gasteiger partial charge in [-0.25, -0.2) is 114 Å². The fourth-order valence-corrected chi connectivity index (χ4v) is 6.97. The van der Waals surface area contributed by atoms with Gasteiger partial charge < -0.3 is 16.7 Å². The Kier molecular flexibility index (Phi) is 38.9. The topological polar surface area (TPSA) is 319 Å². The Bertz CT molecular complexity index is 5650. The van der Waals surface area contributed by atoms with Gasteiger partial charge in [-0.15, -0.1) is 11.6 Å². The van der Waals surface area contributed by atoms with Gasteiger partial charge in [-0.1, -0.05) is 18.2 Å². The zero-order chi connectivity index (χ0) is 96.1. The number of aliphatic hydroxyl groups is 1. The number of Topliss-reactive ketones (excluding diaryl/α,β-unsaturated/α-hetero) is 5. The number of hydrogen-bond acceptors (Lipinski definition) is 19. The van der Waals surface area contributed by atoms with E-state index in [-0.39, 0.29) is 127 Å². The van der Waals surface area contributed by atoms with E-state index >= 15 is 0 Å². The van der Waals surface area contributed by atoms with Crippen molar-refractivity contribution in [2.75, 3.05) is 5.88 Å². The molecule has 0 radical (unpaired) electrons. The number of nitrogens with zero attached hydrogens (tertiary/aromatic N) is 14. The number of rotatable bonds is 15. The summed E-state index contributed by atoms with van der Waals surface area (Å²) in [6, 6.07) is 14.9. The molecule has 0 atom stereocenters. The molecule has 5 aromatic heterocycles. The van der Waals surface area contributed by atoms with Crippen molar-refractivity contribution < 1.29 is 193 Å². The molecule has 0 saturated heterocycles.